The number of carbonyl (C=O) groups excluding carboxylic acids is 1. The molecule has 0 bridgehead atoms. The number of alkyl halides is 1. The highest BCUT2D eigenvalue weighted by Crippen LogP contribution is 2.34. The van der Waals surface area contributed by atoms with E-state index in [1.54, 1.807) is 4.90 Å². The zero-order valence-corrected chi connectivity index (χ0v) is 22.9. The summed E-state index contributed by atoms with van der Waals surface area (Å²) in [5, 5.41) is 19.2. The van der Waals surface area contributed by atoms with E-state index in [0.717, 1.165) is 27.7 Å². The van der Waals surface area contributed by atoms with Crippen LogP contribution in [0.1, 0.15) is 41.3 Å². The number of halogens is 1. The molecule has 1 aliphatic rings. The number of hydrogen-bond donors (Lipinski definition) is 2. The molecular formula is C31H35ClN4O2. The van der Waals surface area contributed by atoms with Crippen LogP contribution in [-0.2, 0) is 11.2 Å². The Labute approximate surface area is 228 Å². The summed E-state index contributed by atoms with van der Waals surface area (Å²) in [6, 6.07) is 23.9. The average molecular weight is 531 g/mol. The van der Waals surface area contributed by atoms with E-state index < -0.39 is 11.5 Å². The molecule has 2 N–H and O–H groups in total. The first kappa shape index (κ1) is 26.3. The predicted octanol–water partition coefficient (Wildman–Crippen LogP) is 4.99. The molecule has 2 atom stereocenters. The lowest BCUT2D eigenvalue weighted by Crippen LogP contribution is -2.62. The van der Waals surface area contributed by atoms with Gasteiger partial charge >= 0.3 is 0 Å². The summed E-state index contributed by atoms with van der Waals surface area (Å²) in [7, 11) is 0. The van der Waals surface area contributed by atoms with Crippen LogP contribution in [-0.4, -0.2) is 50.6 Å². The fourth-order valence-corrected chi connectivity index (χ4v) is 5.76. The first-order valence-corrected chi connectivity index (χ1v) is 13.6. The fraction of sp³-hybridized carbons (Fsp3) is 0.355. The van der Waals surface area contributed by atoms with Crippen LogP contribution in [0.25, 0.3) is 11.0 Å². The van der Waals surface area contributed by atoms with E-state index in [4.69, 9.17) is 11.6 Å². The van der Waals surface area contributed by atoms with Crippen LogP contribution in [0.15, 0.2) is 72.8 Å². The van der Waals surface area contributed by atoms with Crippen molar-refractivity contribution in [1.82, 2.24) is 14.0 Å². The van der Waals surface area contributed by atoms with Crippen LogP contribution in [0.5, 0.6) is 0 Å². The molecule has 5 rings (SSSR count). The topological polar surface area (TPSA) is 74.2 Å². The molecule has 1 aromatic heterocycles. The number of likely N-dealkylation sites (tertiary alicyclic amines) is 1. The van der Waals surface area contributed by atoms with Crippen LogP contribution in [0, 0.1) is 24.7 Å². The normalized spacial score (nSPS) is 16.3. The number of aliphatic hydroxyl groups is 1. The van der Waals surface area contributed by atoms with E-state index in [-0.39, 0.29) is 24.2 Å². The number of benzene rings is 3. The van der Waals surface area contributed by atoms with E-state index >= 15 is 0 Å². The highest BCUT2D eigenvalue weighted by atomic mass is 35.5. The first-order chi connectivity index (χ1) is 18.3. The van der Waals surface area contributed by atoms with Gasteiger partial charge in [-0.15, -0.1) is 11.6 Å². The van der Waals surface area contributed by atoms with Crippen LogP contribution in [0.4, 0.5) is 0 Å². The molecule has 1 unspecified atom stereocenters. The van der Waals surface area contributed by atoms with Crippen molar-refractivity contribution in [3.63, 3.8) is 0 Å². The van der Waals surface area contributed by atoms with Crippen molar-refractivity contribution < 1.29 is 9.90 Å². The van der Waals surface area contributed by atoms with Gasteiger partial charge in [-0.05, 0) is 44.0 Å². The third kappa shape index (κ3) is 4.67. The number of para-hydroxylation sites is 2. The summed E-state index contributed by atoms with van der Waals surface area (Å²) in [6.07, 6.45) is 0.464. The molecule has 1 saturated heterocycles. The lowest BCUT2D eigenvalue weighted by molar-refractivity contribution is -0.148. The van der Waals surface area contributed by atoms with Crippen molar-refractivity contribution in [2.75, 3.05) is 25.6 Å². The number of nitrogens with zero attached hydrogens (tertiary/aromatic N) is 3. The van der Waals surface area contributed by atoms with E-state index in [0.29, 0.717) is 25.4 Å². The van der Waals surface area contributed by atoms with Gasteiger partial charge in [-0.3, -0.25) is 14.8 Å². The standard InChI is InChI=1S/C31H35ClN4O2/c1-21-8-12-24(13-9-21)16-28(29(38)34-18-31(17-32,19-34)20-37)36-27-7-5-4-6-26(27)35(30(36)33)23(3)25-14-10-22(2)11-15-25/h4-15,23,28,33,37H,16-20H2,1-3H3/t23?,28-/m0/s1. The van der Waals surface area contributed by atoms with E-state index in [1.165, 1.54) is 5.56 Å². The van der Waals surface area contributed by atoms with Gasteiger partial charge in [-0.2, -0.15) is 0 Å². The number of aryl methyl sites for hydroxylation is 2. The molecule has 38 heavy (non-hydrogen) atoms. The van der Waals surface area contributed by atoms with E-state index in [1.807, 2.05) is 40.3 Å². The van der Waals surface area contributed by atoms with Crippen molar-refractivity contribution in [3.05, 3.63) is 101 Å². The predicted molar refractivity (Wildman–Crippen MR) is 152 cm³/mol. The van der Waals surface area contributed by atoms with Gasteiger partial charge in [-0.25, -0.2) is 0 Å². The monoisotopic (exact) mass is 530 g/mol. The number of amides is 1. The Morgan fingerprint density at radius 3 is 2.05 bits per heavy atom. The first-order valence-electron chi connectivity index (χ1n) is 13.1. The quantitative estimate of drug-likeness (QED) is 0.315. The molecule has 0 spiro atoms. The molecule has 6 nitrogen and oxygen atoms in total. The number of imidazole rings is 1. The number of nitrogens with one attached hydrogen (secondary N) is 1. The van der Waals surface area contributed by atoms with E-state index in [2.05, 4.69) is 62.4 Å². The number of aliphatic hydroxyl groups excluding tert-OH is 1. The minimum Gasteiger partial charge on any atom is -0.396 e. The lowest BCUT2D eigenvalue weighted by atomic mass is 9.82. The number of carbonyl (C=O) groups is 1. The van der Waals surface area contributed by atoms with Crippen molar-refractivity contribution >= 4 is 28.5 Å². The maximum Gasteiger partial charge on any atom is 0.246 e. The molecule has 0 radical (unpaired) electrons. The van der Waals surface area contributed by atoms with Gasteiger partial charge in [-0.1, -0.05) is 71.8 Å². The van der Waals surface area contributed by atoms with Gasteiger partial charge in [0.1, 0.15) is 6.04 Å². The summed E-state index contributed by atoms with van der Waals surface area (Å²) in [6.45, 7) is 7.00. The van der Waals surface area contributed by atoms with Crippen LogP contribution < -0.4 is 5.62 Å². The second-order valence-electron chi connectivity index (χ2n) is 10.8. The molecule has 3 aromatic carbocycles. The molecule has 0 saturated carbocycles. The zero-order valence-electron chi connectivity index (χ0n) is 22.2. The Balaban J connectivity index is 1.62. The van der Waals surface area contributed by atoms with E-state index in [9.17, 15) is 15.3 Å². The maximum absolute atomic E-state index is 14.1. The van der Waals surface area contributed by atoms with Crippen molar-refractivity contribution in [1.29, 1.82) is 5.41 Å². The van der Waals surface area contributed by atoms with Gasteiger partial charge in [0, 0.05) is 30.8 Å². The number of aromatic nitrogens is 2. The Morgan fingerprint density at radius 1 is 0.947 bits per heavy atom. The summed E-state index contributed by atoms with van der Waals surface area (Å²) in [5.74, 6) is 0.254. The second kappa shape index (κ2) is 10.4. The molecule has 4 aromatic rings. The summed E-state index contributed by atoms with van der Waals surface area (Å²) >= 11 is 6.14. The SMILES string of the molecule is Cc1ccc(C[C@@H](C(=O)N2CC(CO)(CCl)C2)n2c(=N)n(C(C)c3ccc(C)cc3)c3ccccc32)cc1. The van der Waals surface area contributed by atoms with Crippen LogP contribution >= 0.6 is 11.6 Å². The lowest BCUT2D eigenvalue weighted by Gasteiger charge is -2.49. The summed E-state index contributed by atoms with van der Waals surface area (Å²) in [5.41, 5.74) is 6.10. The van der Waals surface area contributed by atoms with Gasteiger partial charge in [0.25, 0.3) is 0 Å². The minimum atomic E-state index is -0.603. The van der Waals surface area contributed by atoms with Crippen LogP contribution in [0.2, 0.25) is 0 Å². The van der Waals surface area contributed by atoms with Crippen molar-refractivity contribution in [2.24, 2.45) is 5.41 Å². The van der Waals surface area contributed by atoms with Gasteiger partial charge in [0.05, 0.1) is 23.7 Å². The molecule has 1 amide bonds. The largest absolute Gasteiger partial charge is 0.396 e. The summed E-state index contributed by atoms with van der Waals surface area (Å²) in [4.78, 5) is 15.9. The average Bonchev–Trinajstić information content (AvgIpc) is 3.19. The molecule has 1 aliphatic heterocycles. The van der Waals surface area contributed by atoms with Gasteiger partial charge in [0.15, 0.2) is 0 Å². The third-order valence-electron chi connectivity index (χ3n) is 7.93. The second-order valence-corrected chi connectivity index (χ2v) is 11.1. The van der Waals surface area contributed by atoms with Gasteiger partial charge < -0.3 is 14.6 Å². The molecule has 198 valence electrons. The number of rotatable bonds is 8. The van der Waals surface area contributed by atoms with Gasteiger partial charge in [0.2, 0.25) is 11.5 Å². The Bertz CT molecular complexity index is 1490. The minimum absolute atomic E-state index is 0.0485. The Kier molecular flexibility index (Phi) is 7.21. The molecule has 7 heteroatoms. The zero-order chi connectivity index (χ0) is 27.0. The molecule has 1 fully saturated rings. The maximum atomic E-state index is 14.1. The summed E-state index contributed by atoms with van der Waals surface area (Å²) < 4.78 is 3.91. The molecular weight excluding hydrogens is 496 g/mol. The molecule has 2 heterocycles. The number of hydrogen-bond acceptors (Lipinski definition) is 3. The van der Waals surface area contributed by atoms with Crippen molar-refractivity contribution in [2.45, 2.75) is 39.3 Å². The highest BCUT2D eigenvalue weighted by molar-refractivity contribution is 6.18. The molecule has 0 aliphatic carbocycles. The van der Waals surface area contributed by atoms with Crippen molar-refractivity contribution in [3.8, 4) is 0 Å². The van der Waals surface area contributed by atoms with Crippen LogP contribution in [0.3, 0.4) is 0 Å². The Morgan fingerprint density at radius 2 is 1.50 bits per heavy atom. The fourth-order valence-electron chi connectivity index (χ4n) is 5.51. The highest BCUT2D eigenvalue weighted by Gasteiger charge is 2.46. The Hall–Kier alpha value is -3.35. The third-order valence-corrected chi connectivity index (χ3v) is 8.50. The number of fused-ring (bicyclic) bond motifs is 1. The smallest absolute Gasteiger partial charge is 0.246 e.